The zero-order valence-electron chi connectivity index (χ0n) is 13.7. The number of hydrogen-bond acceptors (Lipinski definition) is 5. The van der Waals surface area contributed by atoms with E-state index in [0.717, 1.165) is 5.56 Å². The average Bonchev–Trinajstić information content (AvgIpc) is 2.60. The molecule has 7 heteroatoms. The van der Waals surface area contributed by atoms with Crippen LogP contribution in [0, 0.1) is 6.92 Å². The molecule has 0 radical (unpaired) electrons. The van der Waals surface area contributed by atoms with E-state index in [4.69, 9.17) is 0 Å². The molecule has 0 saturated carbocycles. The molecule has 2 N–H and O–H groups in total. The third-order valence-electron chi connectivity index (χ3n) is 3.55. The topological polar surface area (TPSA) is 84.0 Å². The van der Waals surface area contributed by atoms with Gasteiger partial charge in [0.1, 0.15) is 0 Å². The molecule has 0 aliphatic carbocycles. The number of aromatic nitrogens is 2. The molecule has 0 unspecified atom stereocenters. The van der Waals surface area contributed by atoms with Gasteiger partial charge < -0.3 is 5.32 Å². The summed E-state index contributed by atoms with van der Waals surface area (Å²) in [6.07, 6.45) is 1.66. The van der Waals surface area contributed by atoms with Gasteiger partial charge in [-0.15, -0.1) is 6.58 Å². The average molecular weight is 354 g/mol. The highest BCUT2D eigenvalue weighted by Crippen LogP contribution is 2.24. The van der Waals surface area contributed by atoms with Crippen molar-refractivity contribution in [1.82, 2.24) is 9.97 Å². The lowest BCUT2D eigenvalue weighted by Gasteiger charge is -2.13. The molecule has 0 fully saturated rings. The highest BCUT2D eigenvalue weighted by Gasteiger charge is 2.18. The van der Waals surface area contributed by atoms with Gasteiger partial charge in [-0.2, -0.15) is 0 Å². The Bertz CT molecular complexity index is 1010. The molecular weight excluding hydrogens is 336 g/mol. The van der Waals surface area contributed by atoms with E-state index in [2.05, 4.69) is 26.6 Å². The zero-order valence-corrected chi connectivity index (χ0v) is 14.5. The van der Waals surface area contributed by atoms with Crippen LogP contribution in [0.2, 0.25) is 0 Å². The standard InChI is InChI=1S/C18H18N4O2S/c1-3-12-19-17-18(21-16-7-5-4-6-15(16)20-17)22-25(23,24)14-10-8-13(2)9-11-14/h3-11H,1,12H2,2H3,(H,19,20)(H,21,22). The number of sulfonamides is 1. The Labute approximate surface area is 146 Å². The maximum absolute atomic E-state index is 12.6. The summed E-state index contributed by atoms with van der Waals surface area (Å²) in [6, 6.07) is 13.9. The van der Waals surface area contributed by atoms with Crippen molar-refractivity contribution in [3.8, 4) is 0 Å². The van der Waals surface area contributed by atoms with Gasteiger partial charge in [0.05, 0.1) is 15.9 Å². The lowest BCUT2D eigenvalue weighted by Crippen LogP contribution is -2.16. The van der Waals surface area contributed by atoms with Crippen molar-refractivity contribution in [3.05, 3.63) is 66.7 Å². The monoisotopic (exact) mass is 354 g/mol. The minimum atomic E-state index is -3.76. The maximum Gasteiger partial charge on any atom is 0.263 e. The minimum Gasteiger partial charge on any atom is -0.363 e. The minimum absolute atomic E-state index is 0.154. The van der Waals surface area contributed by atoms with Gasteiger partial charge in [0.2, 0.25) is 0 Å². The maximum atomic E-state index is 12.6. The van der Waals surface area contributed by atoms with E-state index < -0.39 is 10.0 Å². The Kier molecular flexibility index (Phi) is 4.67. The van der Waals surface area contributed by atoms with Crippen LogP contribution in [0.25, 0.3) is 11.0 Å². The van der Waals surface area contributed by atoms with Gasteiger partial charge in [0, 0.05) is 6.54 Å². The van der Waals surface area contributed by atoms with Crippen LogP contribution in [0.5, 0.6) is 0 Å². The second-order valence-corrected chi connectivity index (χ2v) is 7.18. The van der Waals surface area contributed by atoms with E-state index in [-0.39, 0.29) is 10.7 Å². The number of anilines is 2. The molecule has 0 aliphatic heterocycles. The van der Waals surface area contributed by atoms with Crippen molar-refractivity contribution in [3.63, 3.8) is 0 Å². The van der Waals surface area contributed by atoms with Crippen molar-refractivity contribution in [1.29, 1.82) is 0 Å². The molecule has 0 atom stereocenters. The number of rotatable bonds is 6. The van der Waals surface area contributed by atoms with E-state index in [9.17, 15) is 8.42 Å². The van der Waals surface area contributed by atoms with Gasteiger partial charge in [0.25, 0.3) is 10.0 Å². The van der Waals surface area contributed by atoms with Crippen molar-refractivity contribution in [2.24, 2.45) is 0 Å². The summed E-state index contributed by atoms with van der Waals surface area (Å²) in [5, 5.41) is 3.02. The summed E-state index contributed by atoms with van der Waals surface area (Å²) in [5.74, 6) is 0.510. The number of aryl methyl sites for hydroxylation is 1. The van der Waals surface area contributed by atoms with Crippen LogP contribution in [0.3, 0.4) is 0 Å². The van der Waals surface area contributed by atoms with Crippen LogP contribution < -0.4 is 10.0 Å². The predicted molar refractivity (Wildman–Crippen MR) is 100 cm³/mol. The third kappa shape index (κ3) is 3.77. The van der Waals surface area contributed by atoms with E-state index in [1.807, 2.05) is 25.1 Å². The van der Waals surface area contributed by atoms with Gasteiger partial charge >= 0.3 is 0 Å². The molecule has 0 amide bonds. The lowest BCUT2D eigenvalue weighted by atomic mass is 10.2. The molecule has 1 aromatic heterocycles. The summed E-state index contributed by atoms with van der Waals surface area (Å²) < 4.78 is 27.8. The van der Waals surface area contributed by atoms with Gasteiger partial charge in [0.15, 0.2) is 11.6 Å². The van der Waals surface area contributed by atoms with Gasteiger partial charge in [-0.25, -0.2) is 18.4 Å². The predicted octanol–water partition coefficient (Wildman–Crippen LogP) is 3.34. The third-order valence-corrected chi connectivity index (χ3v) is 4.90. The Morgan fingerprint density at radius 3 is 2.20 bits per heavy atom. The molecule has 3 rings (SSSR count). The number of benzene rings is 2. The fourth-order valence-electron chi connectivity index (χ4n) is 2.27. The number of para-hydroxylation sites is 2. The summed E-state index contributed by atoms with van der Waals surface area (Å²) in [5.41, 5.74) is 2.26. The first kappa shape index (κ1) is 16.9. The highest BCUT2D eigenvalue weighted by atomic mass is 32.2. The first-order chi connectivity index (χ1) is 12.0. The Hall–Kier alpha value is -2.93. The molecule has 0 bridgehead atoms. The SMILES string of the molecule is C=CCNc1nc2ccccc2nc1NS(=O)(=O)c1ccc(C)cc1. The van der Waals surface area contributed by atoms with Crippen molar-refractivity contribution >= 4 is 32.7 Å². The Balaban J connectivity index is 2.03. The smallest absolute Gasteiger partial charge is 0.263 e. The molecule has 25 heavy (non-hydrogen) atoms. The number of hydrogen-bond donors (Lipinski definition) is 2. The van der Waals surface area contributed by atoms with E-state index in [0.29, 0.717) is 23.4 Å². The van der Waals surface area contributed by atoms with Crippen LogP contribution in [-0.4, -0.2) is 24.9 Å². The summed E-state index contributed by atoms with van der Waals surface area (Å²) in [7, 11) is -3.76. The quantitative estimate of drug-likeness (QED) is 0.663. The van der Waals surface area contributed by atoms with Gasteiger partial charge in [-0.05, 0) is 31.2 Å². The first-order valence-electron chi connectivity index (χ1n) is 7.70. The molecule has 0 saturated heterocycles. The molecule has 3 aromatic rings. The van der Waals surface area contributed by atoms with Gasteiger partial charge in [-0.3, -0.25) is 4.72 Å². The largest absolute Gasteiger partial charge is 0.363 e. The van der Waals surface area contributed by atoms with Crippen LogP contribution in [0.4, 0.5) is 11.6 Å². The molecule has 6 nitrogen and oxygen atoms in total. The van der Waals surface area contributed by atoms with Crippen molar-refractivity contribution in [2.75, 3.05) is 16.6 Å². The molecule has 0 spiro atoms. The molecular formula is C18H18N4O2S. The first-order valence-corrected chi connectivity index (χ1v) is 9.19. The van der Waals surface area contributed by atoms with Gasteiger partial charge in [-0.1, -0.05) is 35.9 Å². The lowest BCUT2D eigenvalue weighted by molar-refractivity contribution is 0.601. The summed E-state index contributed by atoms with van der Waals surface area (Å²) in [4.78, 5) is 9.03. The highest BCUT2D eigenvalue weighted by molar-refractivity contribution is 7.92. The second kappa shape index (κ2) is 6.90. The van der Waals surface area contributed by atoms with Crippen molar-refractivity contribution < 1.29 is 8.42 Å². The molecule has 1 heterocycles. The second-order valence-electron chi connectivity index (χ2n) is 5.50. The van der Waals surface area contributed by atoms with Crippen LogP contribution in [-0.2, 0) is 10.0 Å². The van der Waals surface area contributed by atoms with Crippen molar-refractivity contribution in [2.45, 2.75) is 11.8 Å². The number of fused-ring (bicyclic) bond motifs is 1. The number of nitrogens with zero attached hydrogens (tertiary/aromatic N) is 2. The zero-order chi connectivity index (χ0) is 17.9. The summed E-state index contributed by atoms with van der Waals surface area (Å²) in [6.45, 7) is 5.98. The Morgan fingerprint density at radius 1 is 1.00 bits per heavy atom. The van der Waals surface area contributed by atoms with E-state index in [1.165, 1.54) is 0 Å². The number of nitrogens with one attached hydrogen (secondary N) is 2. The molecule has 128 valence electrons. The molecule has 0 aliphatic rings. The van der Waals surface area contributed by atoms with Crippen LogP contribution in [0.15, 0.2) is 66.1 Å². The summed E-state index contributed by atoms with van der Waals surface area (Å²) >= 11 is 0. The molecule has 2 aromatic carbocycles. The normalized spacial score (nSPS) is 11.2. The van der Waals surface area contributed by atoms with E-state index >= 15 is 0 Å². The fraction of sp³-hybridized carbons (Fsp3) is 0.111. The Morgan fingerprint density at radius 2 is 1.60 bits per heavy atom. The van der Waals surface area contributed by atoms with E-state index in [1.54, 1.807) is 36.4 Å². The van der Waals surface area contributed by atoms with Crippen LogP contribution >= 0.6 is 0 Å². The fourth-order valence-corrected chi connectivity index (χ4v) is 3.28. The van der Waals surface area contributed by atoms with Crippen LogP contribution in [0.1, 0.15) is 5.56 Å².